The van der Waals surface area contributed by atoms with E-state index in [-0.39, 0.29) is 5.91 Å². The zero-order valence-corrected chi connectivity index (χ0v) is 25.8. The lowest BCUT2D eigenvalue weighted by Gasteiger charge is -2.34. The lowest BCUT2D eigenvalue weighted by atomic mass is 10.1. The first-order chi connectivity index (χ1) is 20.8. The average molecular weight is 596 g/mol. The van der Waals surface area contributed by atoms with Gasteiger partial charge in [0.05, 0.1) is 17.8 Å². The van der Waals surface area contributed by atoms with Crippen molar-refractivity contribution in [3.05, 3.63) is 123 Å². The number of aromatic nitrogens is 1. The molecule has 4 aromatic rings. The van der Waals surface area contributed by atoms with Gasteiger partial charge in [-0.3, -0.25) is 9.69 Å². The summed E-state index contributed by atoms with van der Waals surface area (Å²) in [4.78, 5) is 21.5. The number of halogens is 1. The molecular weight excluding hydrogens is 558 g/mol. The van der Waals surface area contributed by atoms with Gasteiger partial charge in [0, 0.05) is 51.3 Å². The van der Waals surface area contributed by atoms with Crippen LogP contribution < -0.4 is 9.47 Å². The Labute approximate surface area is 259 Å². The molecule has 1 amide bonds. The number of benzene rings is 3. The number of aryl methyl sites for hydroxylation is 3. The minimum Gasteiger partial charge on any atom is -0.492 e. The third-order valence-electron chi connectivity index (χ3n) is 7.58. The second kappa shape index (κ2) is 14.4. The molecule has 43 heavy (non-hydrogen) atoms. The van der Waals surface area contributed by atoms with Crippen LogP contribution in [0.2, 0.25) is 5.02 Å². The van der Waals surface area contributed by atoms with Gasteiger partial charge in [0.15, 0.2) is 5.75 Å². The second-order valence-corrected chi connectivity index (χ2v) is 11.5. The summed E-state index contributed by atoms with van der Waals surface area (Å²) in [6.45, 7) is 10.7. The quantitative estimate of drug-likeness (QED) is 0.178. The topological polar surface area (TPSA) is 54.9 Å². The van der Waals surface area contributed by atoms with Gasteiger partial charge in [0.25, 0.3) is 0 Å². The lowest BCUT2D eigenvalue weighted by molar-refractivity contribution is -0.127. The fraction of sp³-hybridized carbons (Fsp3) is 0.278. The van der Waals surface area contributed by atoms with Crippen molar-refractivity contribution in [2.24, 2.45) is 0 Å². The fourth-order valence-corrected chi connectivity index (χ4v) is 5.31. The zero-order valence-electron chi connectivity index (χ0n) is 25.1. The summed E-state index contributed by atoms with van der Waals surface area (Å²) in [6, 6.07) is 24.5. The molecule has 0 spiro atoms. The number of carbonyl (C=O) groups excluding carboxylic acids is 1. The van der Waals surface area contributed by atoms with Crippen LogP contribution in [-0.2, 0) is 17.8 Å². The predicted octanol–water partition coefficient (Wildman–Crippen LogP) is 7.43. The monoisotopic (exact) mass is 595 g/mol. The molecule has 222 valence electrons. The normalized spacial score (nSPS) is 13.8. The standard InChI is InChI=1S/C36H38ClN3O3/c1-26-4-8-29(9-5-26)16-21-42-32-13-14-34(38-24-32)43-36-28(3)22-31(23-33(36)37)12-15-35(41)40-19-17-39(18-20-40)25-30-10-6-27(2)7-11-30/h4-15,22-24H,16-21,25H2,1-3H3/b15-12+. The highest BCUT2D eigenvalue weighted by Crippen LogP contribution is 2.34. The SMILES string of the molecule is Cc1ccc(CCOc2ccc(Oc3c(C)cc(/C=C/C(=O)N4CCN(Cc5ccc(C)cc5)CC4)cc3Cl)nc2)cc1. The summed E-state index contributed by atoms with van der Waals surface area (Å²) in [6.07, 6.45) is 5.91. The summed E-state index contributed by atoms with van der Waals surface area (Å²) >= 11 is 6.60. The number of carbonyl (C=O) groups is 1. The molecule has 1 aromatic heterocycles. The summed E-state index contributed by atoms with van der Waals surface area (Å²) in [5.41, 5.74) is 6.74. The van der Waals surface area contributed by atoms with E-state index in [4.69, 9.17) is 21.1 Å². The Morgan fingerprint density at radius 1 is 0.884 bits per heavy atom. The fourth-order valence-electron chi connectivity index (χ4n) is 4.99. The van der Waals surface area contributed by atoms with Crippen LogP contribution in [0.4, 0.5) is 0 Å². The number of ether oxygens (including phenoxy) is 2. The average Bonchev–Trinajstić information content (AvgIpc) is 3.01. The summed E-state index contributed by atoms with van der Waals surface area (Å²) < 4.78 is 11.9. The molecule has 6 nitrogen and oxygen atoms in total. The first-order valence-electron chi connectivity index (χ1n) is 14.7. The van der Waals surface area contributed by atoms with Gasteiger partial charge in [-0.25, -0.2) is 4.98 Å². The Bertz CT molecular complexity index is 1520. The summed E-state index contributed by atoms with van der Waals surface area (Å²) in [5, 5.41) is 0.456. The van der Waals surface area contributed by atoms with Crippen LogP contribution >= 0.6 is 11.6 Å². The number of nitrogens with zero attached hydrogens (tertiary/aromatic N) is 3. The molecular formula is C36H38ClN3O3. The van der Waals surface area contributed by atoms with E-state index < -0.39 is 0 Å². The molecule has 0 N–H and O–H groups in total. The largest absolute Gasteiger partial charge is 0.492 e. The highest BCUT2D eigenvalue weighted by atomic mass is 35.5. The summed E-state index contributed by atoms with van der Waals surface area (Å²) in [5.74, 6) is 1.65. The van der Waals surface area contributed by atoms with E-state index in [1.54, 1.807) is 24.4 Å². The van der Waals surface area contributed by atoms with Crippen molar-refractivity contribution >= 4 is 23.6 Å². The molecule has 2 heterocycles. The molecule has 1 saturated heterocycles. The first kappa shape index (κ1) is 30.3. The van der Waals surface area contributed by atoms with Crippen molar-refractivity contribution in [2.75, 3.05) is 32.8 Å². The van der Waals surface area contributed by atoms with E-state index in [1.165, 1.54) is 22.3 Å². The third-order valence-corrected chi connectivity index (χ3v) is 7.86. The molecule has 5 rings (SSSR count). The van der Waals surface area contributed by atoms with E-state index in [2.05, 4.69) is 72.3 Å². The minimum absolute atomic E-state index is 0.00876. The number of rotatable bonds is 10. The number of piperazine rings is 1. The smallest absolute Gasteiger partial charge is 0.246 e. The molecule has 0 radical (unpaired) electrons. The minimum atomic E-state index is 0.00876. The number of pyridine rings is 1. The molecule has 1 aliphatic heterocycles. The molecule has 0 aliphatic carbocycles. The van der Waals surface area contributed by atoms with Gasteiger partial charge in [0.2, 0.25) is 11.8 Å². The zero-order chi connectivity index (χ0) is 30.2. The van der Waals surface area contributed by atoms with Gasteiger partial charge in [-0.05, 0) is 67.3 Å². The number of hydrogen-bond donors (Lipinski definition) is 0. The maximum Gasteiger partial charge on any atom is 0.246 e. The Kier molecular flexibility index (Phi) is 10.1. The van der Waals surface area contributed by atoms with Crippen LogP contribution in [0.15, 0.2) is 85.1 Å². The lowest BCUT2D eigenvalue weighted by Crippen LogP contribution is -2.47. The van der Waals surface area contributed by atoms with Gasteiger partial charge in [-0.2, -0.15) is 0 Å². The van der Waals surface area contributed by atoms with Gasteiger partial charge < -0.3 is 14.4 Å². The Morgan fingerprint density at radius 3 is 2.19 bits per heavy atom. The van der Waals surface area contributed by atoms with Gasteiger partial charge in [-0.1, -0.05) is 71.3 Å². The van der Waals surface area contributed by atoms with Crippen molar-refractivity contribution in [3.63, 3.8) is 0 Å². The maximum absolute atomic E-state index is 12.9. The van der Waals surface area contributed by atoms with Crippen LogP contribution in [0.3, 0.4) is 0 Å². The highest BCUT2D eigenvalue weighted by Gasteiger charge is 2.20. The van der Waals surface area contributed by atoms with Gasteiger partial charge in [-0.15, -0.1) is 0 Å². The van der Waals surface area contributed by atoms with Crippen molar-refractivity contribution in [1.82, 2.24) is 14.8 Å². The Hall–Kier alpha value is -4.13. The van der Waals surface area contributed by atoms with E-state index >= 15 is 0 Å². The van der Waals surface area contributed by atoms with E-state index in [1.807, 2.05) is 30.0 Å². The predicted molar refractivity (Wildman–Crippen MR) is 173 cm³/mol. The van der Waals surface area contributed by atoms with Crippen LogP contribution in [0.5, 0.6) is 17.4 Å². The van der Waals surface area contributed by atoms with Gasteiger partial charge in [0.1, 0.15) is 5.75 Å². The molecule has 7 heteroatoms. The van der Waals surface area contributed by atoms with Crippen molar-refractivity contribution < 1.29 is 14.3 Å². The molecule has 0 unspecified atom stereocenters. The molecule has 3 aromatic carbocycles. The van der Waals surface area contributed by atoms with Crippen molar-refractivity contribution in [1.29, 1.82) is 0 Å². The van der Waals surface area contributed by atoms with Crippen molar-refractivity contribution in [3.8, 4) is 17.4 Å². The summed E-state index contributed by atoms with van der Waals surface area (Å²) in [7, 11) is 0. The molecule has 0 atom stereocenters. The first-order valence-corrected chi connectivity index (χ1v) is 15.1. The van der Waals surface area contributed by atoms with Crippen LogP contribution in [0, 0.1) is 20.8 Å². The molecule has 1 aliphatic rings. The molecule has 0 bridgehead atoms. The number of amides is 1. The number of hydrogen-bond acceptors (Lipinski definition) is 5. The van der Waals surface area contributed by atoms with E-state index in [0.29, 0.717) is 42.1 Å². The van der Waals surface area contributed by atoms with Crippen LogP contribution in [0.1, 0.15) is 33.4 Å². The van der Waals surface area contributed by atoms with Crippen molar-refractivity contribution in [2.45, 2.75) is 33.7 Å². The Balaban J connectivity index is 1.10. The van der Waals surface area contributed by atoms with Crippen LogP contribution in [-0.4, -0.2) is 53.5 Å². The highest BCUT2D eigenvalue weighted by molar-refractivity contribution is 6.32. The van der Waals surface area contributed by atoms with E-state index in [9.17, 15) is 4.79 Å². The maximum atomic E-state index is 12.9. The third kappa shape index (κ3) is 8.69. The van der Waals surface area contributed by atoms with Gasteiger partial charge >= 0.3 is 0 Å². The second-order valence-electron chi connectivity index (χ2n) is 11.1. The molecule has 0 saturated carbocycles. The Morgan fingerprint density at radius 2 is 1.56 bits per heavy atom. The molecule has 1 fully saturated rings. The van der Waals surface area contributed by atoms with Crippen LogP contribution in [0.25, 0.3) is 6.08 Å². The van der Waals surface area contributed by atoms with E-state index in [0.717, 1.165) is 37.2 Å².